The maximum Gasteiger partial charge on any atom is 0.262 e. The molecular formula is C16H19N5O. The normalized spacial score (nSPS) is 11.5. The van der Waals surface area contributed by atoms with Gasteiger partial charge in [-0.25, -0.2) is 4.98 Å². The molecule has 0 radical (unpaired) electrons. The molecule has 0 atom stereocenters. The zero-order valence-electron chi connectivity index (χ0n) is 13.0. The lowest BCUT2D eigenvalue weighted by Crippen LogP contribution is -2.22. The van der Waals surface area contributed by atoms with Crippen LogP contribution in [-0.2, 0) is 20.1 Å². The standard InChI is InChI=1S/C16H19N5O/c1-11-5-4-6-12(7-11)9-20(2)10-14-18-15-13(16(22)19-14)8-17-21(15)3/h4-8H,9-10H2,1-3H3,(H,18,19,22). The second-order valence-corrected chi connectivity index (χ2v) is 5.68. The quantitative estimate of drug-likeness (QED) is 0.794. The summed E-state index contributed by atoms with van der Waals surface area (Å²) >= 11 is 0. The fourth-order valence-corrected chi connectivity index (χ4v) is 2.59. The Hall–Kier alpha value is -2.47. The summed E-state index contributed by atoms with van der Waals surface area (Å²) in [4.78, 5) is 21.5. The third-order valence-corrected chi connectivity index (χ3v) is 3.61. The van der Waals surface area contributed by atoms with Crippen molar-refractivity contribution in [2.45, 2.75) is 20.0 Å². The Morgan fingerprint density at radius 3 is 2.91 bits per heavy atom. The van der Waals surface area contributed by atoms with Crippen LogP contribution >= 0.6 is 0 Å². The van der Waals surface area contributed by atoms with Crippen molar-refractivity contribution in [1.29, 1.82) is 0 Å². The van der Waals surface area contributed by atoms with E-state index < -0.39 is 0 Å². The van der Waals surface area contributed by atoms with Crippen molar-refractivity contribution >= 4 is 11.0 Å². The molecule has 1 aromatic carbocycles. The van der Waals surface area contributed by atoms with Crippen LogP contribution in [0.1, 0.15) is 17.0 Å². The third kappa shape index (κ3) is 2.92. The Bertz CT molecular complexity index is 864. The van der Waals surface area contributed by atoms with Crippen LogP contribution in [-0.4, -0.2) is 31.7 Å². The van der Waals surface area contributed by atoms with Gasteiger partial charge in [-0.1, -0.05) is 29.8 Å². The minimum atomic E-state index is -0.142. The first-order valence-electron chi connectivity index (χ1n) is 7.18. The van der Waals surface area contributed by atoms with Crippen LogP contribution in [0.2, 0.25) is 0 Å². The largest absolute Gasteiger partial charge is 0.309 e. The molecular weight excluding hydrogens is 278 g/mol. The van der Waals surface area contributed by atoms with Crippen LogP contribution < -0.4 is 5.56 Å². The fraction of sp³-hybridized carbons (Fsp3) is 0.312. The Balaban J connectivity index is 1.80. The lowest BCUT2D eigenvalue weighted by molar-refractivity contribution is 0.310. The molecule has 3 rings (SSSR count). The lowest BCUT2D eigenvalue weighted by Gasteiger charge is -2.16. The number of benzene rings is 1. The first kappa shape index (κ1) is 14.5. The molecule has 6 heteroatoms. The van der Waals surface area contributed by atoms with Crippen LogP contribution in [0.3, 0.4) is 0 Å². The molecule has 1 N–H and O–H groups in total. The molecule has 0 aliphatic heterocycles. The van der Waals surface area contributed by atoms with Gasteiger partial charge in [-0.05, 0) is 19.5 Å². The minimum Gasteiger partial charge on any atom is -0.309 e. The summed E-state index contributed by atoms with van der Waals surface area (Å²) in [6.45, 7) is 3.46. The molecule has 2 heterocycles. The smallest absolute Gasteiger partial charge is 0.262 e. The number of nitrogens with zero attached hydrogens (tertiary/aromatic N) is 4. The van der Waals surface area contributed by atoms with Gasteiger partial charge in [-0.3, -0.25) is 14.4 Å². The van der Waals surface area contributed by atoms with E-state index in [0.717, 1.165) is 6.54 Å². The molecule has 0 fully saturated rings. The summed E-state index contributed by atoms with van der Waals surface area (Å²) in [6, 6.07) is 8.40. The molecule has 0 spiro atoms. The number of hydrogen-bond acceptors (Lipinski definition) is 4. The van der Waals surface area contributed by atoms with Crippen molar-refractivity contribution in [3.63, 3.8) is 0 Å². The maximum atomic E-state index is 12.0. The maximum absolute atomic E-state index is 12.0. The zero-order valence-corrected chi connectivity index (χ0v) is 13.0. The number of hydrogen-bond donors (Lipinski definition) is 1. The fourth-order valence-electron chi connectivity index (χ4n) is 2.59. The van der Waals surface area contributed by atoms with Gasteiger partial charge in [0.05, 0.1) is 12.7 Å². The van der Waals surface area contributed by atoms with Crippen molar-refractivity contribution in [3.8, 4) is 0 Å². The van der Waals surface area contributed by atoms with Gasteiger partial charge >= 0.3 is 0 Å². The summed E-state index contributed by atoms with van der Waals surface area (Å²) in [5, 5.41) is 4.60. The van der Waals surface area contributed by atoms with E-state index in [1.807, 2.05) is 7.05 Å². The van der Waals surface area contributed by atoms with E-state index in [1.54, 1.807) is 17.9 Å². The summed E-state index contributed by atoms with van der Waals surface area (Å²) in [5.41, 5.74) is 2.96. The van der Waals surface area contributed by atoms with Gasteiger partial charge in [-0.15, -0.1) is 0 Å². The second-order valence-electron chi connectivity index (χ2n) is 5.68. The van der Waals surface area contributed by atoms with Crippen molar-refractivity contribution in [2.24, 2.45) is 7.05 Å². The van der Waals surface area contributed by atoms with E-state index in [1.165, 1.54) is 11.1 Å². The molecule has 114 valence electrons. The van der Waals surface area contributed by atoms with Crippen LogP contribution in [0.15, 0.2) is 35.3 Å². The van der Waals surface area contributed by atoms with Gasteiger partial charge in [0.15, 0.2) is 5.65 Å². The molecule has 2 aromatic heterocycles. The summed E-state index contributed by atoms with van der Waals surface area (Å²) in [7, 11) is 3.80. The average Bonchev–Trinajstić information content (AvgIpc) is 2.81. The molecule has 0 amide bonds. The van der Waals surface area contributed by atoms with Crippen molar-refractivity contribution in [2.75, 3.05) is 7.05 Å². The van der Waals surface area contributed by atoms with Crippen LogP contribution in [0, 0.1) is 6.92 Å². The number of fused-ring (bicyclic) bond motifs is 1. The Morgan fingerprint density at radius 1 is 1.32 bits per heavy atom. The predicted molar refractivity (Wildman–Crippen MR) is 85.5 cm³/mol. The van der Waals surface area contributed by atoms with Crippen molar-refractivity contribution < 1.29 is 0 Å². The van der Waals surface area contributed by atoms with Gasteiger partial charge in [0.25, 0.3) is 5.56 Å². The molecule has 22 heavy (non-hydrogen) atoms. The van der Waals surface area contributed by atoms with Crippen LogP contribution in [0.4, 0.5) is 0 Å². The minimum absolute atomic E-state index is 0.142. The Kier molecular flexibility index (Phi) is 3.77. The van der Waals surface area contributed by atoms with Crippen molar-refractivity contribution in [3.05, 3.63) is 57.8 Å². The number of aryl methyl sites for hydroxylation is 2. The molecule has 0 aliphatic carbocycles. The highest BCUT2D eigenvalue weighted by Crippen LogP contribution is 2.09. The average molecular weight is 297 g/mol. The summed E-state index contributed by atoms with van der Waals surface area (Å²) in [5.74, 6) is 0.649. The van der Waals surface area contributed by atoms with E-state index in [4.69, 9.17) is 0 Å². The number of nitrogens with one attached hydrogen (secondary N) is 1. The van der Waals surface area contributed by atoms with Gasteiger partial charge in [0, 0.05) is 13.6 Å². The number of rotatable bonds is 4. The first-order valence-corrected chi connectivity index (χ1v) is 7.18. The lowest BCUT2D eigenvalue weighted by atomic mass is 10.1. The number of H-pyrrole nitrogens is 1. The zero-order chi connectivity index (χ0) is 15.7. The summed E-state index contributed by atoms with van der Waals surface area (Å²) < 4.78 is 1.62. The number of aromatic nitrogens is 4. The predicted octanol–water partition coefficient (Wildman–Crippen LogP) is 1.60. The molecule has 6 nitrogen and oxygen atoms in total. The molecule has 0 unspecified atom stereocenters. The van der Waals surface area contributed by atoms with Crippen LogP contribution in [0.25, 0.3) is 11.0 Å². The van der Waals surface area contributed by atoms with Gasteiger partial charge in [0.2, 0.25) is 0 Å². The van der Waals surface area contributed by atoms with Gasteiger partial charge < -0.3 is 4.98 Å². The Labute approximate surface area is 128 Å². The molecule has 3 aromatic rings. The highest BCUT2D eigenvalue weighted by molar-refractivity contribution is 5.72. The van der Waals surface area contributed by atoms with Gasteiger partial charge in [-0.2, -0.15) is 5.10 Å². The molecule has 0 saturated carbocycles. The van der Waals surface area contributed by atoms with Crippen LogP contribution in [0.5, 0.6) is 0 Å². The van der Waals surface area contributed by atoms with E-state index in [9.17, 15) is 4.79 Å². The summed E-state index contributed by atoms with van der Waals surface area (Å²) in [6.07, 6.45) is 1.54. The molecule has 0 bridgehead atoms. The van der Waals surface area contributed by atoms with E-state index >= 15 is 0 Å². The monoisotopic (exact) mass is 297 g/mol. The van der Waals surface area contributed by atoms with E-state index in [2.05, 4.69) is 51.2 Å². The van der Waals surface area contributed by atoms with E-state index in [0.29, 0.717) is 23.4 Å². The molecule has 0 aliphatic rings. The molecule has 0 saturated heterocycles. The second kappa shape index (κ2) is 5.73. The Morgan fingerprint density at radius 2 is 2.14 bits per heavy atom. The number of aromatic amines is 1. The topological polar surface area (TPSA) is 66.8 Å². The van der Waals surface area contributed by atoms with Crippen molar-refractivity contribution in [1.82, 2.24) is 24.6 Å². The third-order valence-electron chi connectivity index (χ3n) is 3.61. The van der Waals surface area contributed by atoms with Gasteiger partial charge in [0.1, 0.15) is 11.2 Å². The highest BCUT2D eigenvalue weighted by Gasteiger charge is 2.10. The highest BCUT2D eigenvalue weighted by atomic mass is 16.1. The van der Waals surface area contributed by atoms with E-state index in [-0.39, 0.29) is 5.56 Å². The first-order chi connectivity index (χ1) is 10.5. The SMILES string of the molecule is Cc1cccc(CN(C)Cc2nc3c(cnn3C)c(=O)[nH]2)c1.